The van der Waals surface area contributed by atoms with Gasteiger partial charge in [-0.1, -0.05) is 6.92 Å². The summed E-state index contributed by atoms with van der Waals surface area (Å²) >= 11 is 0. The molecule has 0 atom stereocenters. The second kappa shape index (κ2) is 4.84. The van der Waals surface area contributed by atoms with Crippen molar-refractivity contribution in [3.8, 4) is 0 Å². The largest absolute Gasteiger partial charge is 0.433 e. The first-order valence-electron chi connectivity index (χ1n) is 6.10. The van der Waals surface area contributed by atoms with E-state index in [-0.39, 0.29) is 17.3 Å². The Morgan fingerprint density at radius 3 is 2.47 bits per heavy atom. The second-order valence-electron chi connectivity index (χ2n) is 4.72. The maximum Gasteiger partial charge on any atom is 0.433 e. The van der Waals surface area contributed by atoms with E-state index in [4.69, 9.17) is 5.84 Å². The van der Waals surface area contributed by atoms with Gasteiger partial charge in [-0.3, -0.25) is 5.43 Å². The van der Waals surface area contributed by atoms with Crippen molar-refractivity contribution in [1.82, 2.24) is 9.97 Å². The lowest BCUT2D eigenvalue weighted by Gasteiger charge is -2.42. The number of halogens is 3. The number of hydrazine groups is 1. The van der Waals surface area contributed by atoms with E-state index in [1.165, 1.54) is 0 Å². The number of anilines is 2. The van der Waals surface area contributed by atoms with Crippen LogP contribution in [0, 0.1) is 0 Å². The zero-order valence-corrected chi connectivity index (χ0v) is 10.5. The van der Waals surface area contributed by atoms with Crippen LogP contribution in [0.4, 0.5) is 24.9 Å². The fourth-order valence-electron chi connectivity index (χ4n) is 2.16. The number of alkyl halides is 3. The van der Waals surface area contributed by atoms with E-state index in [9.17, 15) is 13.2 Å². The highest BCUT2D eigenvalue weighted by Gasteiger charge is 2.37. The minimum absolute atomic E-state index is 0.150. The average Bonchev–Trinajstić information content (AvgIpc) is 2.32. The van der Waals surface area contributed by atoms with Gasteiger partial charge in [0.05, 0.1) is 0 Å². The monoisotopic (exact) mass is 275 g/mol. The Balaban J connectivity index is 2.29. The molecule has 0 bridgehead atoms. The standard InChI is InChI=1S/C11H16F3N5/c1-2-10(4-3-5-10)18-8-6-7(11(12,13)14)16-9(17-8)19-15/h6H,2-5,15H2,1H3,(H2,16,17,18,19). The first-order chi connectivity index (χ1) is 8.88. The van der Waals surface area contributed by atoms with Crippen LogP contribution in [0.1, 0.15) is 38.3 Å². The first kappa shape index (κ1) is 13.9. The van der Waals surface area contributed by atoms with Crippen LogP contribution in [0.2, 0.25) is 0 Å². The zero-order chi connectivity index (χ0) is 14.1. The summed E-state index contributed by atoms with van der Waals surface area (Å²) in [4.78, 5) is 7.23. The highest BCUT2D eigenvalue weighted by atomic mass is 19.4. The van der Waals surface area contributed by atoms with Crippen LogP contribution in [0.15, 0.2) is 6.07 Å². The van der Waals surface area contributed by atoms with E-state index in [1.807, 2.05) is 6.92 Å². The Bertz CT molecular complexity index is 451. The number of nitrogen functional groups attached to an aromatic ring is 1. The van der Waals surface area contributed by atoms with Gasteiger partial charge in [0.25, 0.3) is 0 Å². The molecule has 1 saturated carbocycles. The van der Waals surface area contributed by atoms with Crippen LogP contribution < -0.4 is 16.6 Å². The molecule has 0 unspecified atom stereocenters. The third-order valence-corrected chi connectivity index (χ3v) is 3.53. The number of nitrogens with zero attached hydrogens (tertiary/aromatic N) is 2. The summed E-state index contributed by atoms with van der Waals surface area (Å²) in [5.74, 6) is 5.01. The van der Waals surface area contributed by atoms with Gasteiger partial charge in [0.2, 0.25) is 5.95 Å². The molecule has 2 rings (SSSR count). The topological polar surface area (TPSA) is 75.9 Å². The van der Waals surface area contributed by atoms with Crippen molar-refractivity contribution in [1.29, 1.82) is 0 Å². The molecule has 106 valence electrons. The molecule has 1 aromatic rings. The molecule has 5 nitrogen and oxygen atoms in total. The Labute approximate surface area is 108 Å². The maximum absolute atomic E-state index is 12.7. The van der Waals surface area contributed by atoms with E-state index >= 15 is 0 Å². The minimum atomic E-state index is -4.52. The highest BCUT2D eigenvalue weighted by molar-refractivity contribution is 5.45. The van der Waals surface area contributed by atoms with Crippen LogP contribution >= 0.6 is 0 Å². The second-order valence-corrected chi connectivity index (χ2v) is 4.72. The average molecular weight is 275 g/mol. The Hall–Kier alpha value is -1.57. The van der Waals surface area contributed by atoms with E-state index in [0.717, 1.165) is 31.7 Å². The van der Waals surface area contributed by atoms with E-state index in [2.05, 4.69) is 20.7 Å². The minimum Gasteiger partial charge on any atom is -0.364 e. The van der Waals surface area contributed by atoms with Crippen molar-refractivity contribution in [2.24, 2.45) is 5.84 Å². The molecule has 0 spiro atoms. The number of hydrogen-bond donors (Lipinski definition) is 3. The lowest BCUT2D eigenvalue weighted by molar-refractivity contribution is -0.141. The fourth-order valence-corrected chi connectivity index (χ4v) is 2.16. The number of nitrogens with one attached hydrogen (secondary N) is 2. The Morgan fingerprint density at radius 2 is 2.05 bits per heavy atom. The summed E-state index contributed by atoms with van der Waals surface area (Å²) in [5, 5.41) is 3.08. The van der Waals surface area contributed by atoms with Crippen molar-refractivity contribution in [3.63, 3.8) is 0 Å². The zero-order valence-electron chi connectivity index (χ0n) is 10.5. The first-order valence-corrected chi connectivity index (χ1v) is 6.10. The molecule has 4 N–H and O–H groups in total. The molecule has 0 saturated heterocycles. The van der Waals surface area contributed by atoms with Crippen LogP contribution in [-0.4, -0.2) is 15.5 Å². The summed E-state index contributed by atoms with van der Waals surface area (Å²) in [7, 11) is 0. The van der Waals surface area contributed by atoms with Gasteiger partial charge >= 0.3 is 6.18 Å². The van der Waals surface area contributed by atoms with Crippen molar-refractivity contribution in [3.05, 3.63) is 11.8 Å². The van der Waals surface area contributed by atoms with Gasteiger partial charge in [-0.15, -0.1) is 0 Å². The van der Waals surface area contributed by atoms with Crippen molar-refractivity contribution >= 4 is 11.8 Å². The smallest absolute Gasteiger partial charge is 0.364 e. The Morgan fingerprint density at radius 1 is 1.37 bits per heavy atom. The van der Waals surface area contributed by atoms with Gasteiger partial charge in [0.15, 0.2) is 5.69 Å². The summed E-state index contributed by atoms with van der Waals surface area (Å²) in [6.07, 6.45) is -0.756. The van der Waals surface area contributed by atoms with Crippen molar-refractivity contribution in [2.45, 2.75) is 44.3 Å². The summed E-state index contributed by atoms with van der Waals surface area (Å²) in [6, 6.07) is 0.913. The number of aromatic nitrogens is 2. The number of hydrogen-bond acceptors (Lipinski definition) is 5. The predicted octanol–water partition coefficient (Wildman–Crippen LogP) is 2.53. The molecule has 1 fully saturated rings. The lowest BCUT2D eigenvalue weighted by atomic mass is 9.75. The van der Waals surface area contributed by atoms with Gasteiger partial charge in [0.1, 0.15) is 5.82 Å². The Kier molecular flexibility index (Phi) is 3.53. The van der Waals surface area contributed by atoms with Crippen LogP contribution in [0.5, 0.6) is 0 Å². The van der Waals surface area contributed by atoms with Gasteiger partial charge in [-0.25, -0.2) is 10.8 Å². The SMILES string of the molecule is CCC1(Nc2cc(C(F)(F)F)nc(NN)n2)CCC1. The van der Waals surface area contributed by atoms with Crippen molar-refractivity contribution in [2.75, 3.05) is 10.7 Å². The predicted molar refractivity (Wildman–Crippen MR) is 65.3 cm³/mol. The third kappa shape index (κ3) is 2.89. The van der Waals surface area contributed by atoms with Gasteiger partial charge in [-0.05, 0) is 25.7 Å². The van der Waals surface area contributed by atoms with Gasteiger partial charge in [-0.2, -0.15) is 18.2 Å². The quantitative estimate of drug-likeness (QED) is 0.581. The van der Waals surface area contributed by atoms with Crippen LogP contribution in [-0.2, 0) is 6.18 Å². The molecule has 1 heterocycles. The molecule has 8 heteroatoms. The molecule has 1 aliphatic rings. The normalized spacial score (nSPS) is 17.7. The maximum atomic E-state index is 12.7. The van der Waals surface area contributed by atoms with E-state index in [1.54, 1.807) is 0 Å². The molecule has 1 aliphatic carbocycles. The molecule has 0 aliphatic heterocycles. The molecular formula is C11H16F3N5. The van der Waals surface area contributed by atoms with E-state index < -0.39 is 11.9 Å². The van der Waals surface area contributed by atoms with Crippen LogP contribution in [0.3, 0.4) is 0 Å². The van der Waals surface area contributed by atoms with Gasteiger partial charge < -0.3 is 5.32 Å². The van der Waals surface area contributed by atoms with Gasteiger partial charge in [0, 0.05) is 11.6 Å². The molecule has 0 amide bonds. The van der Waals surface area contributed by atoms with Crippen molar-refractivity contribution < 1.29 is 13.2 Å². The number of rotatable bonds is 4. The molecule has 0 aromatic carbocycles. The molecule has 1 aromatic heterocycles. The third-order valence-electron chi connectivity index (χ3n) is 3.53. The molecular weight excluding hydrogens is 259 g/mol. The highest BCUT2D eigenvalue weighted by Crippen LogP contribution is 2.38. The summed E-state index contributed by atoms with van der Waals surface area (Å²) in [5.41, 5.74) is 0.897. The molecule has 0 radical (unpaired) electrons. The fraction of sp³-hybridized carbons (Fsp3) is 0.636. The van der Waals surface area contributed by atoms with Crippen LogP contribution in [0.25, 0.3) is 0 Å². The molecule has 19 heavy (non-hydrogen) atoms. The summed E-state index contributed by atoms with van der Waals surface area (Å²) in [6.45, 7) is 2.00. The number of nitrogens with two attached hydrogens (primary N) is 1. The summed E-state index contributed by atoms with van der Waals surface area (Å²) < 4.78 is 38.1. The lowest BCUT2D eigenvalue weighted by Crippen LogP contribution is -2.44. The van der Waals surface area contributed by atoms with E-state index in [0.29, 0.717) is 0 Å².